The quantitative estimate of drug-likeness (QED) is 0.508. The number of thiophene rings is 1. The van der Waals surface area contributed by atoms with Gasteiger partial charge in [0.2, 0.25) is 0 Å². The van der Waals surface area contributed by atoms with Crippen molar-refractivity contribution in [3.05, 3.63) is 81.5 Å². The SMILES string of the molecule is [C-]#[N+]/C(=C\c1cc2ccc(CC)cc2s1)c1ccc(C)cc1. The van der Waals surface area contributed by atoms with E-state index in [9.17, 15) is 0 Å². The van der Waals surface area contributed by atoms with E-state index in [0.717, 1.165) is 16.9 Å². The van der Waals surface area contributed by atoms with Gasteiger partial charge in [-0.3, -0.25) is 0 Å². The van der Waals surface area contributed by atoms with E-state index in [-0.39, 0.29) is 0 Å². The number of fused-ring (bicyclic) bond motifs is 1. The second-order valence-corrected chi connectivity index (χ2v) is 6.50. The van der Waals surface area contributed by atoms with Crippen molar-refractivity contribution in [3.8, 4) is 0 Å². The maximum absolute atomic E-state index is 7.46. The molecule has 0 unspecified atom stereocenters. The number of benzene rings is 2. The van der Waals surface area contributed by atoms with E-state index >= 15 is 0 Å². The van der Waals surface area contributed by atoms with E-state index in [1.54, 1.807) is 11.3 Å². The third-order valence-electron chi connectivity index (χ3n) is 3.76. The first-order valence-electron chi connectivity index (χ1n) is 7.38. The Morgan fingerprint density at radius 2 is 1.91 bits per heavy atom. The molecule has 1 nitrogen and oxygen atoms in total. The van der Waals surface area contributed by atoms with Crippen LogP contribution in [0.5, 0.6) is 0 Å². The molecule has 0 radical (unpaired) electrons. The van der Waals surface area contributed by atoms with E-state index < -0.39 is 0 Å². The van der Waals surface area contributed by atoms with Crippen molar-refractivity contribution in [2.24, 2.45) is 0 Å². The van der Waals surface area contributed by atoms with Gasteiger partial charge in [0.25, 0.3) is 0 Å². The lowest BCUT2D eigenvalue weighted by atomic mass is 10.1. The summed E-state index contributed by atoms with van der Waals surface area (Å²) in [7, 11) is 0. The molecule has 1 heterocycles. The Hall–Kier alpha value is -2.37. The number of hydrogen-bond donors (Lipinski definition) is 0. The van der Waals surface area contributed by atoms with Gasteiger partial charge in [-0.25, -0.2) is 4.85 Å². The summed E-state index contributed by atoms with van der Waals surface area (Å²) in [4.78, 5) is 4.84. The van der Waals surface area contributed by atoms with E-state index in [4.69, 9.17) is 6.57 Å². The van der Waals surface area contributed by atoms with Crippen LogP contribution >= 0.6 is 11.3 Å². The summed E-state index contributed by atoms with van der Waals surface area (Å²) in [5, 5.41) is 1.25. The zero-order valence-electron chi connectivity index (χ0n) is 12.8. The third-order valence-corrected chi connectivity index (χ3v) is 4.80. The number of hydrogen-bond acceptors (Lipinski definition) is 1. The van der Waals surface area contributed by atoms with Gasteiger partial charge >= 0.3 is 0 Å². The predicted octanol–water partition coefficient (Wildman–Crippen LogP) is 6.19. The van der Waals surface area contributed by atoms with Gasteiger partial charge in [0.1, 0.15) is 0 Å². The van der Waals surface area contributed by atoms with Crippen molar-refractivity contribution in [1.82, 2.24) is 0 Å². The van der Waals surface area contributed by atoms with Crippen LogP contribution in [0.4, 0.5) is 0 Å². The summed E-state index contributed by atoms with van der Waals surface area (Å²) >= 11 is 1.75. The molecule has 0 spiro atoms. The molecule has 0 atom stereocenters. The molecule has 22 heavy (non-hydrogen) atoms. The third kappa shape index (κ3) is 2.95. The fraction of sp³-hybridized carbons (Fsp3) is 0.150. The average molecular weight is 303 g/mol. The Kier molecular flexibility index (Phi) is 4.09. The fourth-order valence-corrected chi connectivity index (χ4v) is 3.49. The Balaban J connectivity index is 2.02. The van der Waals surface area contributed by atoms with Gasteiger partial charge in [0.15, 0.2) is 5.70 Å². The topological polar surface area (TPSA) is 4.36 Å². The van der Waals surface area contributed by atoms with Crippen LogP contribution in [0.25, 0.3) is 26.7 Å². The minimum atomic E-state index is 0.697. The van der Waals surface area contributed by atoms with Gasteiger partial charge in [0, 0.05) is 9.58 Å². The fourth-order valence-electron chi connectivity index (χ4n) is 2.43. The molecule has 0 aliphatic heterocycles. The second-order valence-electron chi connectivity index (χ2n) is 5.38. The van der Waals surface area contributed by atoms with Crippen molar-refractivity contribution >= 4 is 33.2 Å². The number of nitrogens with zero attached hydrogens (tertiary/aromatic N) is 1. The van der Waals surface area contributed by atoms with Crippen LogP contribution in [0.2, 0.25) is 0 Å². The molecule has 1 aromatic heterocycles. The van der Waals surface area contributed by atoms with Crippen LogP contribution in [0.15, 0.2) is 48.5 Å². The molecule has 0 aliphatic rings. The monoisotopic (exact) mass is 303 g/mol. The molecule has 3 rings (SSSR count). The number of aryl methyl sites for hydroxylation is 2. The maximum atomic E-state index is 7.46. The Morgan fingerprint density at radius 1 is 1.14 bits per heavy atom. The van der Waals surface area contributed by atoms with Gasteiger partial charge in [-0.15, -0.1) is 11.3 Å². The molecular formula is C20H17NS. The van der Waals surface area contributed by atoms with Gasteiger partial charge in [-0.2, -0.15) is 0 Å². The molecule has 108 valence electrons. The van der Waals surface area contributed by atoms with E-state index in [1.807, 2.05) is 30.3 Å². The minimum Gasteiger partial charge on any atom is -0.237 e. The molecule has 2 heteroatoms. The van der Waals surface area contributed by atoms with E-state index in [1.165, 1.54) is 21.2 Å². The maximum Gasteiger partial charge on any atom is 0.195 e. The normalized spacial score (nSPS) is 11.6. The largest absolute Gasteiger partial charge is 0.237 e. The first kappa shape index (κ1) is 14.6. The molecule has 3 aromatic rings. The second kappa shape index (κ2) is 6.17. The van der Waals surface area contributed by atoms with Gasteiger partial charge < -0.3 is 0 Å². The van der Waals surface area contributed by atoms with Gasteiger partial charge in [0.05, 0.1) is 6.57 Å². The van der Waals surface area contributed by atoms with Crippen molar-refractivity contribution in [2.75, 3.05) is 0 Å². The standard InChI is InChI=1S/C20H17NS/c1-4-15-7-10-17-12-18(22-20(17)11-15)13-19(21-3)16-8-5-14(2)6-9-16/h5-13H,4H2,1-2H3/b19-13-. The molecule has 0 bridgehead atoms. The summed E-state index contributed by atoms with van der Waals surface area (Å²) in [6.07, 6.45) is 3.05. The summed E-state index contributed by atoms with van der Waals surface area (Å²) < 4.78 is 1.29. The molecule has 0 saturated carbocycles. The van der Waals surface area contributed by atoms with Crippen LogP contribution in [0.3, 0.4) is 0 Å². The highest BCUT2D eigenvalue weighted by Gasteiger charge is 2.05. The van der Waals surface area contributed by atoms with Crippen LogP contribution in [0, 0.1) is 13.5 Å². The highest BCUT2D eigenvalue weighted by Crippen LogP contribution is 2.30. The van der Waals surface area contributed by atoms with Crippen molar-refractivity contribution in [1.29, 1.82) is 0 Å². The zero-order chi connectivity index (χ0) is 15.5. The van der Waals surface area contributed by atoms with Crippen LogP contribution < -0.4 is 0 Å². The lowest BCUT2D eigenvalue weighted by Crippen LogP contribution is -1.79. The lowest BCUT2D eigenvalue weighted by Gasteiger charge is -1.99. The summed E-state index contributed by atoms with van der Waals surface area (Å²) in [6.45, 7) is 11.7. The molecule has 2 aromatic carbocycles. The minimum absolute atomic E-state index is 0.697. The summed E-state index contributed by atoms with van der Waals surface area (Å²) in [6, 6.07) is 16.9. The summed E-state index contributed by atoms with van der Waals surface area (Å²) in [5.74, 6) is 0. The summed E-state index contributed by atoms with van der Waals surface area (Å²) in [5.41, 5.74) is 4.24. The molecule has 0 saturated heterocycles. The molecule has 0 amide bonds. The van der Waals surface area contributed by atoms with Crippen molar-refractivity contribution in [2.45, 2.75) is 20.3 Å². The highest BCUT2D eigenvalue weighted by molar-refractivity contribution is 7.19. The Labute approximate surface area is 135 Å². The van der Waals surface area contributed by atoms with Gasteiger partial charge in [-0.1, -0.05) is 48.9 Å². The number of rotatable bonds is 3. The molecular weight excluding hydrogens is 286 g/mol. The van der Waals surface area contributed by atoms with E-state index in [0.29, 0.717) is 5.70 Å². The lowest BCUT2D eigenvalue weighted by molar-refractivity contribution is 1.15. The molecule has 0 N–H and O–H groups in total. The highest BCUT2D eigenvalue weighted by atomic mass is 32.1. The van der Waals surface area contributed by atoms with Crippen molar-refractivity contribution < 1.29 is 0 Å². The Bertz CT molecular complexity index is 876. The van der Waals surface area contributed by atoms with Gasteiger partial charge in [-0.05, 0) is 48.1 Å². The first-order chi connectivity index (χ1) is 10.7. The molecule has 0 aliphatic carbocycles. The smallest absolute Gasteiger partial charge is 0.195 e. The predicted molar refractivity (Wildman–Crippen MR) is 96.9 cm³/mol. The van der Waals surface area contributed by atoms with Crippen LogP contribution in [0.1, 0.15) is 28.5 Å². The average Bonchev–Trinajstić information content (AvgIpc) is 2.95. The zero-order valence-corrected chi connectivity index (χ0v) is 13.6. The first-order valence-corrected chi connectivity index (χ1v) is 8.20. The molecule has 0 fully saturated rings. The Morgan fingerprint density at radius 3 is 2.59 bits per heavy atom. The van der Waals surface area contributed by atoms with Crippen molar-refractivity contribution in [3.63, 3.8) is 0 Å². The van der Waals surface area contributed by atoms with E-state index in [2.05, 4.69) is 43.0 Å². The van der Waals surface area contributed by atoms with Crippen LogP contribution in [-0.4, -0.2) is 0 Å². The van der Waals surface area contributed by atoms with Crippen LogP contribution in [-0.2, 0) is 6.42 Å².